The molecule has 19 heavy (non-hydrogen) atoms. The van der Waals surface area contributed by atoms with Crippen LogP contribution in [-0.4, -0.2) is 22.1 Å². The van der Waals surface area contributed by atoms with Gasteiger partial charge in [-0.15, -0.1) is 0 Å². The van der Waals surface area contributed by atoms with Gasteiger partial charge in [0.15, 0.2) is 0 Å². The Hall–Kier alpha value is -1.61. The largest absolute Gasteiger partial charge is 0.329 e. The monoisotopic (exact) mass is 255 g/mol. The van der Waals surface area contributed by atoms with E-state index < -0.39 is 0 Å². The number of rotatable bonds is 3. The maximum Gasteiger partial charge on any atom is 0.0951 e. The number of benzene rings is 1. The Labute approximate surface area is 114 Å². The molecule has 0 saturated carbocycles. The average Bonchev–Trinajstić information content (AvgIpc) is 2.89. The number of aryl methyl sites for hydroxylation is 1. The molecule has 0 spiro atoms. The third-order valence-corrected chi connectivity index (χ3v) is 3.89. The highest BCUT2D eigenvalue weighted by molar-refractivity contribution is 5.59. The van der Waals surface area contributed by atoms with Crippen LogP contribution < -0.4 is 5.32 Å². The molecular formula is C16H21N3. The summed E-state index contributed by atoms with van der Waals surface area (Å²) in [5.74, 6) is 0. The molecule has 3 rings (SSSR count). The molecule has 1 fully saturated rings. The molecule has 0 aliphatic carbocycles. The summed E-state index contributed by atoms with van der Waals surface area (Å²) >= 11 is 0. The maximum atomic E-state index is 4.32. The van der Waals surface area contributed by atoms with Crippen molar-refractivity contribution >= 4 is 0 Å². The highest BCUT2D eigenvalue weighted by atomic mass is 15.1. The van der Waals surface area contributed by atoms with E-state index in [1.807, 2.05) is 12.5 Å². The van der Waals surface area contributed by atoms with Gasteiger partial charge in [-0.1, -0.05) is 36.2 Å². The number of nitrogens with zero attached hydrogens (tertiary/aromatic N) is 2. The first-order valence-corrected chi connectivity index (χ1v) is 7.13. The van der Waals surface area contributed by atoms with Gasteiger partial charge in [0, 0.05) is 12.6 Å². The highest BCUT2D eigenvalue weighted by Crippen LogP contribution is 2.20. The van der Waals surface area contributed by atoms with Crippen molar-refractivity contribution in [1.29, 1.82) is 0 Å². The summed E-state index contributed by atoms with van der Waals surface area (Å²) in [7, 11) is 0. The molecule has 1 atom stereocenters. The van der Waals surface area contributed by atoms with Gasteiger partial charge in [-0.3, -0.25) is 0 Å². The van der Waals surface area contributed by atoms with Crippen LogP contribution in [0.2, 0.25) is 0 Å². The predicted molar refractivity (Wildman–Crippen MR) is 78.0 cm³/mol. The summed E-state index contributed by atoms with van der Waals surface area (Å²) in [6.07, 6.45) is 7.84. The summed E-state index contributed by atoms with van der Waals surface area (Å²) in [5, 5.41) is 3.60. The van der Waals surface area contributed by atoms with Crippen molar-refractivity contribution in [2.24, 2.45) is 0 Å². The molecule has 1 saturated heterocycles. The summed E-state index contributed by atoms with van der Waals surface area (Å²) < 4.78 is 2.27. The van der Waals surface area contributed by atoms with E-state index in [2.05, 4.69) is 46.1 Å². The molecule has 1 N–H and O–H groups in total. The van der Waals surface area contributed by atoms with Gasteiger partial charge in [0.05, 0.1) is 18.2 Å². The second kappa shape index (κ2) is 5.57. The van der Waals surface area contributed by atoms with Crippen LogP contribution >= 0.6 is 0 Å². The fourth-order valence-electron chi connectivity index (χ4n) is 2.75. The van der Waals surface area contributed by atoms with Crippen molar-refractivity contribution in [1.82, 2.24) is 14.9 Å². The second-order valence-corrected chi connectivity index (χ2v) is 5.44. The number of aromatic nitrogens is 2. The topological polar surface area (TPSA) is 29.9 Å². The molecule has 0 bridgehead atoms. The van der Waals surface area contributed by atoms with Crippen molar-refractivity contribution in [2.45, 2.75) is 38.8 Å². The molecule has 1 unspecified atom stereocenters. The van der Waals surface area contributed by atoms with Gasteiger partial charge >= 0.3 is 0 Å². The Morgan fingerprint density at radius 1 is 1.26 bits per heavy atom. The first-order valence-electron chi connectivity index (χ1n) is 7.13. The van der Waals surface area contributed by atoms with Crippen molar-refractivity contribution in [2.75, 3.05) is 6.54 Å². The number of hydrogen-bond donors (Lipinski definition) is 1. The van der Waals surface area contributed by atoms with E-state index in [0.29, 0.717) is 6.04 Å². The molecule has 0 amide bonds. The smallest absolute Gasteiger partial charge is 0.0951 e. The molecule has 1 aromatic carbocycles. The lowest BCUT2D eigenvalue weighted by Crippen LogP contribution is -2.37. The molecule has 100 valence electrons. The lowest BCUT2D eigenvalue weighted by Gasteiger charge is -2.24. The fraction of sp³-hybridized carbons (Fsp3) is 0.438. The lowest BCUT2D eigenvalue weighted by atomic mass is 10.0. The van der Waals surface area contributed by atoms with E-state index in [1.165, 1.54) is 36.1 Å². The zero-order valence-electron chi connectivity index (χ0n) is 11.5. The minimum Gasteiger partial charge on any atom is -0.329 e. The number of piperidine rings is 1. The van der Waals surface area contributed by atoms with E-state index in [4.69, 9.17) is 0 Å². The highest BCUT2D eigenvalue weighted by Gasteiger charge is 2.14. The zero-order valence-corrected chi connectivity index (χ0v) is 11.5. The van der Waals surface area contributed by atoms with E-state index in [1.54, 1.807) is 0 Å². The molecular weight excluding hydrogens is 234 g/mol. The predicted octanol–water partition coefficient (Wildman–Crippen LogP) is 3.00. The SMILES string of the molecule is Cc1ccc(-c2cncn2CC2CCCCN2)cc1. The Balaban J connectivity index is 1.79. The minimum atomic E-state index is 0.590. The molecule has 3 heteroatoms. The van der Waals surface area contributed by atoms with Crippen molar-refractivity contribution in [3.05, 3.63) is 42.4 Å². The van der Waals surface area contributed by atoms with Crippen LogP contribution in [0.15, 0.2) is 36.8 Å². The van der Waals surface area contributed by atoms with Gasteiger partial charge in [-0.25, -0.2) is 4.98 Å². The molecule has 1 aliphatic heterocycles. The zero-order chi connectivity index (χ0) is 13.1. The maximum absolute atomic E-state index is 4.32. The fourth-order valence-corrected chi connectivity index (χ4v) is 2.75. The third kappa shape index (κ3) is 2.87. The van der Waals surface area contributed by atoms with Crippen LogP contribution in [0.3, 0.4) is 0 Å². The van der Waals surface area contributed by atoms with E-state index in [-0.39, 0.29) is 0 Å². The Morgan fingerprint density at radius 2 is 2.11 bits per heavy atom. The van der Waals surface area contributed by atoms with Gasteiger partial charge in [-0.05, 0) is 31.9 Å². The average molecular weight is 255 g/mol. The second-order valence-electron chi connectivity index (χ2n) is 5.44. The molecule has 2 heterocycles. The van der Waals surface area contributed by atoms with Crippen LogP contribution in [0.4, 0.5) is 0 Å². The van der Waals surface area contributed by atoms with Gasteiger partial charge in [0.2, 0.25) is 0 Å². The summed E-state index contributed by atoms with van der Waals surface area (Å²) in [5.41, 5.74) is 3.76. The first kappa shape index (κ1) is 12.4. The summed E-state index contributed by atoms with van der Waals surface area (Å²) in [6.45, 7) is 4.29. The molecule has 0 radical (unpaired) electrons. The van der Waals surface area contributed by atoms with Gasteiger partial charge < -0.3 is 9.88 Å². The summed E-state index contributed by atoms with van der Waals surface area (Å²) in [4.78, 5) is 4.32. The van der Waals surface area contributed by atoms with E-state index in [0.717, 1.165) is 13.1 Å². The number of imidazole rings is 1. The van der Waals surface area contributed by atoms with Crippen LogP contribution in [0.25, 0.3) is 11.3 Å². The number of hydrogen-bond acceptors (Lipinski definition) is 2. The third-order valence-electron chi connectivity index (χ3n) is 3.89. The van der Waals surface area contributed by atoms with Gasteiger partial charge in [0.1, 0.15) is 0 Å². The standard InChI is InChI=1S/C16H21N3/c1-13-5-7-14(8-6-13)16-10-17-12-19(16)11-15-4-2-3-9-18-15/h5-8,10,12,15,18H,2-4,9,11H2,1H3. The summed E-state index contributed by atoms with van der Waals surface area (Å²) in [6, 6.07) is 9.26. The Morgan fingerprint density at radius 3 is 2.84 bits per heavy atom. The van der Waals surface area contributed by atoms with Crippen molar-refractivity contribution < 1.29 is 0 Å². The molecule has 1 aliphatic rings. The Bertz CT molecular complexity index is 521. The molecule has 2 aromatic rings. The normalized spacial score (nSPS) is 19.5. The Kier molecular flexibility index (Phi) is 3.65. The van der Waals surface area contributed by atoms with Crippen molar-refractivity contribution in [3.63, 3.8) is 0 Å². The van der Waals surface area contributed by atoms with Crippen LogP contribution in [-0.2, 0) is 6.54 Å². The number of nitrogens with one attached hydrogen (secondary N) is 1. The quantitative estimate of drug-likeness (QED) is 0.913. The van der Waals surface area contributed by atoms with Crippen LogP contribution in [0.1, 0.15) is 24.8 Å². The van der Waals surface area contributed by atoms with Gasteiger partial charge in [-0.2, -0.15) is 0 Å². The van der Waals surface area contributed by atoms with Crippen molar-refractivity contribution in [3.8, 4) is 11.3 Å². The minimum absolute atomic E-state index is 0.590. The first-order chi connectivity index (χ1) is 9.33. The van der Waals surface area contributed by atoms with Crippen LogP contribution in [0.5, 0.6) is 0 Å². The van der Waals surface area contributed by atoms with E-state index in [9.17, 15) is 0 Å². The molecule has 1 aromatic heterocycles. The molecule has 3 nitrogen and oxygen atoms in total. The lowest BCUT2D eigenvalue weighted by molar-refractivity contribution is 0.364. The van der Waals surface area contributed by atoms with Crippen LogP contribution in [0, 0.1) is 6.92 Å². The van der Waals surface area contributed by atoms with Gasteiger partial charge in [0.25, 0.3) is 0 Å². The van der Waals surface area contributed by atoms with E-state index >= 15 is 0 Å².